The molecule has 2 aromatic heterocycles. The van der Waals surface area contributed by atoms with Crippen LogP contribution >= 0.6 is 0 Å². The minimum Gasteiger partial charge on any atom is -0.434 e. The standard InChI is InChI=1S/C25H28FN3O7S2/c1-27-25(30)36-22-20-13-19(16-3-4-16)23(28-24(20)35-21(22)17-5-7-18(26)8-6-17)29(37(2,31)32)11-9-15-10-12-38(33,34)14-15/h5-8,13,15-16H,3-4,9-12,14H2,1-2H3,(H,27,30). The molecule has 1 aromatic carbocycles. The molecule has 1 amide bonds. The lowest BCUT2D eigenvalue weighted by Crippen LogP contribution is -2.33. The second-order valence-electron chi connectivity index (χ2n) is 9.83. The van der Waals surface area contributed by atoms with Crippen molar-refractivity contribution in [2.24, 2.45) is 5.92 Å². The number of sulfone groups is 1. The Hall–Kier alpha value is -3.19. The number of nitrogens with one attached hydrogen (secondary N) is 1. The van der Waals surface area contributed by atoms with Crippen molar-refractivity contribution in [1.29, 1.82) is 0 Å². The highest BCUT2D eigenvalue weighted by atomic mass is 32.2. The Balaban J connectivity index is 1.61. The Morgan fingerprint density at radius 3 is 2.53 bits per heavy atom. The molecule has 0 radical (unpaired) electrons. The summed E-state index contributed by atoms with van der Waals surface area (Å²) >= 11 is 0. The molecule has 0 spiro atoms. The Morgan fingerprint density at radius 2 is 1.95 bits per heavy atom. The Kier molecular flexibility index (Phi) is 6.84. The van der Waals surface area contributed by atoms with Gasteiger partial charge in [-0.2, -0.15) is 4.98 Å². The number of pyridine rings is 1. The number of fused-ring (bicyclic) bond motifs is 1. The van der Waals surface area contributed by atoms with Crippen LogP contribution in [0, 0.1) is 11.7 Å². The first-order valence-electron chi connectivity index (χ1n) is 12.3. The van der Waals surface area contributed by atoms with Gasteiger partial charge >= 0.3 is 6.09 Å². The van der Waals surface area contributed by atoms with Crippen LogP contribution in [0.2, 0.25) is 0 Å². The fourth-order valence-corrected chi connectivity index (χ4v) is 7.58. The number of furan rings is 1. The van der Waals surface area contributed by atoms with E-state index < -0.39 is 31.8 Å². The molecule has 204 valence electrons. The van der Waals surface area contributed by atoms with Crippen molar-refractivity contribution in [3.63, 3.8) is 0 Å². The van der Waals surface area contributed by atoms with E-state index in [1.165, 1.54) is 35.6 Å². The molecule has 1 unspecified atom stereocenters. The Bertz CT molecular complexity index is 1600. The summed E-state index contributed by atoms with van der Waals surface area (Å²) in [5.74, 6) is 0.107. The molecule has 13 heteroatoms. The molecule has 1 aliphatic carbocycles. The average molecular weight is 566 g/mol. The number of anilines is 1. The topological polar surface area (TPSA) is 136 Å². The fourth-order valence-electron chi connectivity index (χ4n) is 4.77. The summed E-state index contributed by atoms with van der Waals surface area (Å²) in [7, 11) is -5.46. The van der Waals surface area contributed by atoms with Crippen molar-refractivity contribution in [1.82, 2.24) is 10.3 Å². The number of halogens is 1. The third kappa shape index (κ3) is 5.48. The molecule has 10 nitrogen and oxygen atoms in total. The number of carbonyl (C=O) groups excluding carboxylic acids is 1. The number of hydrogen-bond acceptors (Lipinski definition) is 8. The number of sulfonamides is 1. The fraction of sp³-hybridized carbons (Fsp3) is 0.440. The zero-order valence-electron chi connectivity index (χ0n) is 20.9. The molecule has 1 atom stereocenters. The molecule has 2 fully saturated rings. The maximum atomic E-state index is 13.6. The molecular formula is C25H28FN3O7S2. The first-order valence-corrected chi connectivity index (χ1v) is 15.9. The van der Waals surface area contributed by atoms with Gasteiger partial charge in [-0.25, -0.2) is 26.0 Å². The van der Waals surface area contributed by atoms with Gasteiger partial charge in [0, 0.05) is 19.2 Å². The first-order chi connectivity index (χ1) is 17.9. The summed E-state index contributed by atoms with van der Waals surface area (Å²) in [6, 6.07) is 7.18. The average Bonchev–Trinajstić information content (AvgIpc) is 3.56. The quantitative estimate of drug-likeness (QED) is 0.435. The number of nitrogens with zero attached hydrogens (tertiary/aromatic N) is 2. The number of carbonyl (C=O) groups is 1. The van der Waals surface area contributed by atoms with E-state index in [-0.39, 0.29) is 52.9 Å². The molecule has 2 aliphatic rings. The van der Waals surface area contributed by atoms with Crippen LogP contribution in [0.3, 0.4) is 0 Å². The van der Waals surface area contributed by atoms with Crippen LogP contribution in [0.5, 0.6) is 5.75 Å². The highest BCUT2D eigenvalue weighted by Gasteiger charge is 2.35. The van der Waals surface area contributed by atoms with Gasteiger partial charge in [-0.15, -0.1) is 0 Å². The van der Waals surface area contributed by atoms with Gasteiger partial charge in [0.25, 0.3) is 0 Å². The summed E-state index contributed by atoms with van der Waals surface area (Å²) in [4.78, 5) is 16.8. The minimum atomic E-state index is -3.78. The van der Waals surface area contributed by atoms with Gasteiger partial charge in [0.05, 0.1) is 23.1 Å². The van der Waals surface area contributed by atoms with Crippen molar-refractivity contribution < 1.29 is 35.2 Å². The van der Waals surface area contributed by atoms with Crippen LogP contribution in [0.4, 0.5) is 15.0 Å². The first kappa shape index (κ1) is 26.4. The molecule has 3 heterocycles. The van der Waals surface area contributed by atoms with E-state index in [2.05, 4.69) is 10.3 Å². The van der Waals surface area contributed by atoms with Gasteiger partial charge in [0.2, 0.25) is 15.7 Å². The lowest BCUT2D eigenvalue weighted by molar-refractivity contribution is 0.203. The maximum Gasteiger partial charge on any atom is 0.412 e. The molecule has 3 aromatic rings. The van der Waals surface area contributed by atoms with Gasteiger partial charge in [-0.05, 0) is 73.4 Å². The normalized spacial score (nSPS) is 19.0. The van der Waals surface area contributed by atoms with Crippen LogP contribution in [-0.2, 0) is 19.9 Å². The van der Waals surface area contributed by atoms with Crippen LogP contribution in [0.1, 0.15) is 37.2 Å². The van der Waals surface area contributed by atoms with E-state index in [1.807, 2.05) is 0 Å². The van der Waals surface area contributed by atoms with E-state index in [4.69, 9.17) is 9.15 Å². The molecule has 0 bridgehead atoms. The van der Waals surface area contributed by atoms with Gasteiger partial charge in [-0.3, -0.25) is 4.31 Å². The number of hydrogen-bond donors (Lipinski definition) is 1. The summed E-state index contributed by atoms with van der Waals surface area (Å²) in [5, 5.41) is 2.77. The van der Waals surface area contributed by atoms with E-state index in [1.54, 1.807) is 6.07 Å². The summed E-state index contributed by atoms with van der Waals surface area (Å²) < 4.78 is 76.0. The van der Waals surface area contributed by atoms with E-state index in [0.717, 1.165) is 19.1 Å². The van der Waals surface area contributed by atoms with Gasteiger partial charge < -0.3 is 14.5 Å². The van der Waals surface area contributed by atoms with Gasteiger partial charge in [0.1, 0.15) is 11.6 Å². The van der Waals surface area contributed by atoms with E-state index in [9.17, 15) is 26.0 Å². The molecule has 1 saturated carbocycles. The lowest BCUT2D eigenvalue weighted by Gasteiger charge is -2.25. The van der Waals surface area contributed by atoms with Crippen molar-refractivity contribution in [2.45, 2.75) is 31.6 Å². The van der Waals surface area contributed by atoms with Crippen molar-refractivity contribution in [2.75, 3.05) is 35.7 Å². The molecular weight excluding hydrogens is 537 g/mol. The smallest absolute Gasteiger partial charge is 0.412 e. The third-order valence-electron chi connectivity index (χ3n) is 6.87. The third-order valence-corrected chi connectivity index (χ3v) is 9.86. The van der Waals surface area contributed by atoms with Crippen molar-refractivity contribution in [3.8, 4) is 17.1 Å². The summed E-state index contributed by atoms with van der Waals surface area (Å²) in [6.07, 6.45) is 2.91. The van der Waals surface area contributed by atoms with Crippen molar-refractivity contribution >= 4 is 42.9 Å². The molecule has 1 saturated heterocycles. The van der Waals surface area contributed by atoms with Gasteiger partial charge in [-0.1, -0.05) is 0 Å². The number of rotatable bonds is 8. The highest BCUT2D eigenvalue weighted by Crippen LogP contribution is 2.48. The zero-order valence-corrected chi connectivity index (χ0v) is 22.6. The second-order valence-corrected chi connectivity index (χ2v) is 14.0. The summed E-state index contributed by atoms with van der Waals surface area (Å²) in [6.45, 7) is 0.0738. The van der Waals surface area contributed by atoms with E-state index in [0.29, 0.717) is 29.4 Å². The SMILES string of the molecule is CNC(=O)Oc1c(-c2ccc(F)cc2)oc2nc(N(CCC3CCS(=O)(=O)C3)S(C)(=O)=O)c(C3CC3)cc12. The number of amides is 1. The molecule has 5 rings (SSSR count). The largest absolute Gasteiger partial charge is 0.434 e. The lowest BCUT2D eigenvalue weighted by atomic mass is 10.1. The summed E-state index contributed by atoms with van der Waals surface area (Å²) in [5.41, 5.74) is 1.18. The Labute approximate surface area is 220 Å². The minimum absolute atomic E-state index is 0.0476. The zero-order chi connectivity index (χ0) is 27.2. The second kappa shape index (κ2) is 9.84. The molecule has 1 N–H and O–H groups in total. The number of benzene rings is 1. The molecule has 1 aliphatic heterocycles. The molecule has 38 heavy (non-hydrogen) atoms. The Morgan fingerprint density at radius 1 is 1.24 bits per heavy atom. The van der Waals surface area contributed by atoms with Crippen LogP contribution in [-0.4, -0.2) is 59.3 Å². The maximum absolute atomic E-state index is 13.6. The predicted molar refractivity (Wildman–Crippen MR) is 140 cm³/mol. The number of ether oxygens (including phenoxy) is 1. The van der Waals surface area contributed by atoms with Gasteiger partial charge in [0.15, 0.2) is 21.3 Å². The van der Waals surface area contributed by atoms with Crippen molar-refractivity contribution in [3.05, 3.63) is 41.7 Å². The number of aromatic nitrogens is 1. The van der Waals surface area contributed by atoms with E-state index >= 15 is 0 Å². The van der Waals surface area contributed by atoms with Crippen LogP contribution in [0.25, 0.3) is 22.4 Å². The monoisotopic (exact) mass is 565 g/mol. The van der Waals surface area contributed by atoms with Crippen LogP contribution in [0.15, 0.2) is 34.7 Å². The predicted octanol–water partition coefficient (Wildman–Crippen LogP) is 3.82. The highest BCUT2D eigenvalue weighted by molar-refractivity contribution is 7.92. The van der Waals surface area contributed by atoms with Crippen LogP contribution < -0.4 is 14.4 Å².